The first kappa shape index (κ1) is 15.3. The van der Waals surface area contributed by atoms with Crippen molar-refractivity contribution >= 4 is 28.7 Å². The van der Waals surface area contributed by atoms with Gasteiger partial charge in [-0.3, -0.25) is 19.1 Å². The van der Waals surface area contributed by atoms with Crippen molar-refractivity contribution < 1.29 is 4.79 Å². The molecule has 0 aliphatic heterocycles. The van der Waals surface area contributed by atoms with Crippen LogP contribution in [0.25, 0.3) is 11.2 Å². The van der Waals surface area contributed by atoms with E-state index in [2.05, 4.69) is 16.5 Å². The maximum absolute atomic E-state index is 12.0. The highest BCUT2D eigenvalue weighted by Crippen LogP contribution is 2.25. The number of imidazole rings is 1. The van der Waals surface area contributed by atoms with Crippen LogP contribution >= 0.6 is 11.8 Å². The minimum absolute atomic E-state index is 0.0139. The number of H-pyrrole nitrogens is 1. The molecule has 1 atom stereocenters. The Morgan fingerprint density at radius 2 is 2.19 bits per heavy atom. The predicted octanol–water partition coefficient (Wildman–Crippen LogP) is 0.679. The van der Waals surface area contributed by atoms with Gasteiger partial charge < -0.3 is 4.57 Å². The molecule has 0 unspecified atom stereocenters. The highest BCUT2D eigenvalue weighted by Gasteiger charge is 2.20. The van der Waals surface area contributed by atoms with Crippen molar-refractivity contribution in [1.82, 2.24) is 19.1 Å². The van der Waals surface area contributed by atoms with Crippen LogP contribution in [0.15, 0.2) is 27.4 Å². The van der Waals surface area contributed by atoms with E-state index in [4.69, 9.17) is 0 Å². The number of aromatic nitrogens is 4. The van der Waals surface area contributed by atoms with Crippen LogP contribution in [-0.4, -0.2) is 30.1 Å². The third-order valence-corrected chi connectivity index (χ3v) is 4.35. The van der Waals surface area contributed by atoms with Crippen LogP contribution in [0.5, 0.6) is 0 Å². The first-order chi connectivity index (χ1) is 9.86. The topological polar surface area (TPSA) is 89.8 Å². The SMILES string of the molecule is C=CCn1c(S[C@@H](C)C(C)=O)nc2c1c(=O)[nH]c(=O)n2C. The number of nitrogens with one attached hydrogen (secondary N) is 1. The quantitative estimate of drug-likeness (QED) is 0.648. The van der Waals surface area contributed by atoms with Gasteiger partial charge in [-0.05, 0) is 13.8 Å². The summed E-state index contributed by atoms with van der Waals surface area (Å²) in [6, 6.07) is 0. The molecule has 1 N–H and O–H groups in total. The van der Waals surface area contributed by atoms with Gasteiger partial charge in [0.25, 0.3) is 5.56 Å². The van der Waals surface area contributed by atoms with Gasteiger partial charge in [0.2, 0.25) is 0 Å². The summed E-state index contributed by atoms with van der Waals surface area (Å²) in [5.41, 5.74) is -0.421. The Balaban J connectivity index is 2.74. The van der Waals surface area contributed by atoms with E-state index in [0.29, 0.717) is 22.9 Å². The first-order valence-electron chi connectivity index (χ1n) is 6.34. The van der Waals surface area contributed by atoms with Crippen molar-refractivity contribution in [2.75, 3.05) is 0 Å². The van der Waals surface area contributed by atoms with Gasteiger partial charge in [-0.25, -0.2) is 9.78 Å². The summed E-state index contributed by atoms with van der Waals surface area (Å²) in [7, 11) is 1.54. The van der Waals surface area contributed by atoms with E-state index in [-0.39, 0.29) is 11.0 Å². The second-order valence-electron chi connectivity index (χ2n) is 4.65. The van der Waals surface area contributed by atoms with Crippen molar-refractivity contribution in [2.45, 2.75) is 30.8 Å². The molecule has 2 aromatic heterocycles. The van der Waals surface area contributed by atoms with E-state index in [1.807, 2.05) is 0 Å². The molecule has 0 aromatic carbocycles. The molecule has 0 saturated carbocycles. The molecule has 0 aliphatic carbocycles. The molecule has 2 heterocycles. The van der Waals surface area contributed by atoms with Gasteiger partial charge in [-0.15, -0.1) is 6.58 Å². The fraction of sp³-hybridized carbons (Fsp3) is 0.385. The maximum Gasteiger partial charge on any atom is 0.329 e. The summed E-state index contributed by atoms with van der Waals surface area (Å²) in [4.78, 5) is 41.7. The minimum atomic E-state index is -0.521. The average molecular weight is 308 g/mol. The number of aryl methyl sites for hydroxylation is 1. The van der Waals surface area contributed by atoms with E-state index < -0.39 is 11.2 Å². The second kappa shape index (κ2) is 5.72. The number of allylic oxidation sites excluding steroid dienone is 1. The van der Waals surface area contributed by atoms with Gasteiger partial charge in [0.05, 0.1) is 5.25 Å². The van der Waals surface area contributed by atoms with E-state index in [9.17, 15) is 14.4 Å². The first-order valence-corrected chi connectivity index (χ1v) is 7.22. The Kier molecular flexibility index (Phi) is 4.17. The summed E-state index contributed by atoms with van der Waals surface area (Å²) in [5, 5.41) is 0.223. The highest BCUT2D eigenvalue weighted by molar-refractivity contribution is 8.00. The lowest BCUT2D eigenvalue weighted by Crippen LogP contribution is -2.29. The fourth-order valence-corrected chi connectivity index (χ4v) is 2.76. The standard InChI is InChI=1S/C13H16N4O3S/c1-5-6-17-9-10(16(4)12(20)15-11(9)19)14-13(17)21-8(3)7(2)18/h5,8H,1,6H2,2-4H3,(H,15,19,20)/t8-/m0/s1. The summed E-state index contributed by atoms with van der Waals surface area (Å²) in [5.74, 6) is 0.0139. The molecule has 112 valence electrons. The second-order valence-corrected chi connectivity index (χ2v) is 5.96. The lowest BCUT2D eigenvalue weighted by atomic mass is 10.3. The number of fused-ring (bicyclic) bond motifs is 1. The van der Waals surface area contributed by atoms with E-state index in [1.165, 1.54) is 30.3 Å². The lowest BCUT2D eigenvalue weighted by molar-refractivity contribution is -0.116. The molecule has 7 nitrogen and oxygen atoms in total. The molecular weight excluding hydrogens is 292 g/mol. The van der Waals surface area contributed by atoms with Crippen molar-refractivity contribution in [3.8, 4) is 0 Å². The zero-order chi connectivity index (χ0) is 15.7. The van der Waals surface area contributed by atoms with Crippen LogP contribution < -0.4 is 11.2 Å². The number of thioether (sulfide) groups is 1. The van der Waals surface area contributed by atoms with E-state index >= 15 is 0 Å². The Morgan fingerprint density at radius 1 is 1.52 bits per heavy atom. The van der Waals surface area contributed by atoms with Crippen molar-refractivity contribution in [3.63, 3.8) is 0 Å². The monoisotopic (exact) mass is 308 g/mol. The number of aromatic amines is 1. The van der Waals surface area contributed by atoms with Crippen LogP contribution in [0, 0.1) is 0 Å². The van der Waals surface area contributed by atoms with Gasteiger partial charge in [0.15, 0.2) is 16.3 Å². The molecule has 0 bridgehead atoms. The van der Waals surface area contributed by atoms with Crippen molar-refractivity contribution in [2.24, 2.45) is 7.05 Å². The minimum Gasteiger partial charge on any atom is -0.309 e. The number of hydrogen-bond donors (Lipinski definition) is 1. The highest BCUT2D eigenvalue weighted by atomic mass is 32.2. The van der Waals surface area contributed by atoms with Crippen molar-refractivity contribution in [3.05, 3.63) is 33.5 Å². The molecule has 21 heavy (non-hydrogen) atoms. The number of Topliss-reactive ketones (excluding diaryl/α,β-unsaturated/α-hetero) is 1. The van der Waals surface area contributed by atoms with E-state index in [0.717, 1.165) is 0 Å². The summed E-state index contributed by atoms with van der Waals surface area (Å²) in [6.45, 7) is 7.30. The molecule has 0 radical (unpaired) electrons. The third kappa shape index (κ3) is 2.71. The number of ketones is 1. The number of nitrogens with zero attached hydrogens (tertiary/aromatic N) is 3. The molecule has 2 aromatic rings. The fourth-order valence-electron chi connectivity index (χ4n) is 1.84. The lowest BCUT2D eigenvalue weighted by Gasteiger charge is -2.08. The van der Waals surface area contributed by atoms with Crippen LogP contribution in [0.1, 0.15) is 13.8 Å². The van der Waals surface area contributed by atoms with E-state index in [1.54, 1.807) is 17.6 Å². The molecule has 0 saturated heterocycles. The van der Waals surface area contributed by atoms with Crippen LogP contribution in [-0.2, 0) is 18.4 Å². The van der Waals surface area contributed by atoms with Crippen LogP contribution in [0.4, 0.5) is 0 Å². The Labute approximate surface area is 124 Å². The third-order valence-electron chi connectivity index (χ3n) is 3.14. The number of carbonyl (C=O) groups is 1. The summed E-state index contributed by atoms with van der Waals surface area (Å²) < 4.78 is 2.93. The van der Waals surface area contributed by atoms with Gasteiger partial charge >= 0.3 is 5.69 Å². The van der Waals surface area contributed by atoms with Gasteiger partial charge in [-0.1, -0.05) is 17.8 Å². The van der Waals surface area contributed by atoms with Gasteiger partial charge in [0, 0.05) is 13.6 Å². The van der Waals surface area contributed by atoms with Gasteiger partial charge in [0.1, 0.15) is 5.78 Å². The average Bonchev–Trinajstić information content (AvgIpc) is 2.76. The Bertz CT molecular complexity index is 830. The van der Waals surface area contributed by atoms with Gasteiger partial charge in [-0.2, -0.15) is 0 Å². The van der Waals surface area contributed by atoms with Crippen LogP contribution in [0.2, 0.25) is 0 Å². The predicted molar refractivity (Wildman–Crippen MR) is 81.8 cm³/mol. The molecule has 0 amide bonds. The molecule has 0 aliphatic rings. The molecule has 0 spiro atoms. The Hall–Kier alpha value is -2.09. The normalized spacial score (nSPS) is 12.5. The molecule has 8 heteroatoms. The zero-order valence-electron chi connectivity index (χ0n) is 12.0. The largest absolute Gasteiger partial charge is 0.329 e. The molecule has 2 rings (SSSR count). The Morgan fingerprint density at radius 3 is 2.76 bits per heavy atom. The number of rotatable bonds is 5. The number of hydrogen-bond acceptors (Lipinski definition) is 5. The van der Waals surface area contributed by atoms with Crippen LogP contribution in [0.3, 0.4) is 0 Å². The summed E-state index contributed by atoms with van der Waals surface area (Å²) >= 11 is 1.25. The van der Waals surface area contributed by atoms with Crippen molar-refractivity contribution in [1.29, 1.82) is 0 Å². The number of carbonyl (C=O) groups excluding carboxylic acids is 1. The molecule has 0 fully saturated rings. The maximum atomic E-state index is 12.0. The zero-order valence-corrected chi connectivity index (χ0v) is 12.9. The molecular formula is C13H16N4O3S. The smallest absolute Gasteiger partial charge is 0.309 e. The summed E-state index contributed by atoms with van der Waals surface area (Å²) in [6.07, 6.45) is 1.63.